The van der Waals surface area contributed by atoms with Crippen LogP contribution in [0.15, 0.2) is 30.5 Å². The molecule has 1 fully saturated rings. The lowest BCUT2D eigenvalue weighted by Crippen LogP contribution is -2.33. The Hall–Kier alpha value is -1.28. The van der Waals surface area contributed by atoms with Gasteiger partial charge in [-0.15, -0.1) is 0 Å². The van der Waals surface area contributed by atoms with Gasteiger partial charge in [0.1, 0.15) is 0 Å². The van der Waals surface area contributed by atoms with Crippen molar-refractivity contribution in [2.45, 2.75) is 45.3 Å². The van der Waals surface area contributed by atoms with Gasteiger partial charge < -0.3 is 9.67 Å². The van der Waals surface area contributed by atoms with Crippen molar-refractivity contribution in [3.05, 3.63) is 36.0 Å². The molecule has 0 bridgehead atoms. The van der Waals surface area contributed by atoms with Gasteiger partial charge in [0.15, 0.2) is 0 Å². The first kappa shape index (κ1) is 11.8. The molecule has 0 unspecified atom stereocenters. The highest BCUT2D eigenvalue weighted by Crippen LogP contribution is 2.41. The Kier molecular flexibility index (Phi) is 2.70. The summed E-state index contributed by atoms with van der Waals surface area (Å²) in [6.45, 7) is 5.50. The molecule has 2 nitrogen and oxygen atoms in total. The number of fused-ring (bicyclic) bond motifs is 1. The van der Waals surface area contributed by atoms with Gasteiger partial charge >= 0.3 is 0 Å². The molecule has 1 aromatic heterocycles. The number of rotatable bonds is 3. The van der Waals surface area contributed by atoms with Gasteiger partial charge in [-0.2, -0.15) is 0 Å². The largest absolute Gasteiger partial charge is 0.385 e. The molecule has 1 aliphatic carbocycles. The van der Waals surface area contributed by atoms with Crippen LogP contribution in [0.25, 0.3) is 10.9 Å². The topological polar surface area (TPSA) is 25.2 Å². The number of nitrogens with zero attached hydrogens (tertiary/aromatic N) is 1. The highest BCUT2D eigenvalue weighted by atomic mass is 16.3. The average Bonchev–Trinajstić information content (AvgIpc) is 2.68. The molecular formula is C16H21NO. The minimum absolute atomic E-state index is 0.554. The standard InChI is InChI=1S/C16H21NO/c1-12(2)11-17-9-6-13-4-5-14(10-15(13)17)16(18)7-3-8-16/h4-6,9-10,12,18H,3,7-8,11H2,1-2H3. The predicted molar refractivity (Wildman–Crippen MR) is 74.5 cm³/mol. The lowest BCUT2D eigenvalue weighted by atomic mass is 9.75. The maximum atomic E-state index is 10.4. The first-order valence-electron chi connectivity index (χ1n) is 6.90. The maximum Gasteiger partial charge on any atom is 0.0897 e. The molecule has 0 atom stereocenters. The van der Waals surface area contributed by atoms with Crippen LogP contribution in [0.4, 0.5) is 0 Å². The Bertz CT molecular complexity index is 563. The first-order chi connectivity index (χ1) is 8.58. The molecule has 1 aromatic carbocycles. The van der Waals surface area contributed by atoms with E-state index in [1.54, 1.807) is 0 Å². The number of aromatic nitrogens is 1. The monoisotopic (exact) mass is 243 g/mol. The molecule has 1 aliphatic rings. The van der Waals surface area contributed by atoms with Gasteiger partial charge in [-0.25, -0.2) is 0 Å². The van der Waals surface area contributed by atoms with Gasteiger partial charge in [0, 0.05) is 18.3 Å². The van der Waals surface area contributed by atoms with Gasteiger partial charge in [-0.1, -0.05) is 26.0 Å². The highest BCUT2D eigenvalue weighted by Gasteiger charge is 2.36. The number of aliphatic hydroxyl groups is 1. The summed E-state index contributed by atoms with van der Waals surface area (Å²) in [6.07, 6.45) is 5.10. The minimum Gasteiger partial charge on any atom is -0.385 e. The molecule has 96 valence electrons. The van der Waals surface area contributed by atoms with E-state index in [1.165, 1.54) is 10.9 Å². The summed E-state index contributed by atoms with van der Waals surface area (Å²) in [6, 6.07) is 8.56. The van der Waals surface area contributed by atoms with E-state index in [0.717, 1.165) is 31.4 Å². The summed E-state index contributed by atoms with van der Waals surface area (Å²) in [5.41, 5.74) is 1.78. The van der Waals surface area contributed by atoms with Crippen LogP contribution >= 0.6 is 0 Å². The molecule has 3 rings (SSSR count). The van der Waals surface area contributed by atoms with Gasteiger partial charge in [0.05, 0.1) is 5.60 Å². The molecule has 0 amide bonds. The van der Waals surface area contributed by atoms with Crippen LogP contribution in [-0.2, 0) is 12.1 Å². The quantitative estimate of drug-likeness (QED) is 0.874. The van der Waals surface area contributed by atoms with E-state index in [4.69, 9.17) is 0 Å². The van der Waals surface area contributed by atoms with Crippen LogP contribution in [0.2, 0.25) is 0 Å². The number of hydrogen-bond acceptors (Lipinski definition) is 1. The fourth-order valence-electron chi connectivity index (χ4n) is 2.83. The van der Waals surface area contributed by atoms with Crippen molar-refractivity contribution in [2.24, 2.45) is 5.92 Å². The molecular weight excluding hydrogens is 222 g/mol. The minimum atomic E-state index is -0.554. The van der Waals surface area contributed by atoms with Gasteiger partial charge in [-0.05, 0) is 48.3 Å². The summed E-state index contributed by atoms with van der Waals surface area (Å²) < 4.78 is 2.30. The van der Waals surface area contributed by atoms with Crippen LogP contribution < -0.4 is 0 Å². The van der Waals surface area contributed by atoms with Gasteiger partial charge in [0.2, 0.25) is 0 Å². The maximum absolute atomic E-state index is 10.4. The van der Waals surface area contributed by atoms with Crippen molar-refractivity contribution in [1.29, 1.82) is 0 Å². The highest BCUT2D eigenvalue weighted by molar-refractivity contribution is 5.81. The third-order valence-electron chi connectivity index (χ3n) is 4.05. The summed E-state index contributed by atoms with van der Waals surface area (Å²) in [4.78, 5) is 0. The van der Waals surface area contributed by atoms with Crippen LogP contribution in [0, 0.1) is 5.92 Å². The smallest absolute Gasteiger partial charge is 0.0897 e. The molecule has 0 radical (unpaired) electrons. The third-order valence-corrected chi connectivity index (χ3v) is 4.05. The fourth-order valence-corrected chi connectivity index (χ4v) is 2.83. The molecule has 2 heteroatoms. The van der Waals surface area contributed by atoms with E-state index in [9.17, 15) is 5.11 Å². The Morgan fingerprint density at radius 3 is 2.67 bits per heavy atom. The van der Waals surface area contributed by atoms with E-state index in [1.807, 2.05) is 0 Å². The van der Waals surface area contributed by atoms with Gasteiger partial charge in [-0.3, -0.25) is 0 Å². The normalized spacial score (nSPS) is 18.2. The summed E-state index contributed by atoms with van der Waals surface area (Å²) >= 11 is 0. The molecule has 18 heavy (non-hydrogen) atoms. The summed E-state index contributed by atoms with van der Waals surface area (Å²) in [5, 5.41) is 11.7. The van der Waals surface area contributed by atoms with Crippen molar-refractivity contribution >= 4 is 10.9 Å². The van der Waals surface area contributed by atoms with Crippen molar-refractivity contribution in [3.63, 3.8) is 0 Å². The van der Waals surface area contributed by atoms with E-state index in [-0.39, 0.29) is 0 Å². The molecule has 1 N–H and O–H groups in total. The Morgan fingerprint density at radius 1 is 1.28 bits per heavy atom. The Morgan fingerprint density at radius 2 is 2.06 bits per heavy atom. The van der Waals surface area contributed by atoms with Crippen molar-refractivity contribution in [2.75, 3.05) is 0 Å². The molecule has 0 saturated heterocycles. The molecule has 1 heterocycles. The van der Waals surface area contributed by atoms with Crippen molar-refractivity contribution in [1.82, 2.24) is 4.57 Å². The zero-order chi connectivity index (χ0) is 12.8. The van der Waals surface area contributed by atoms with Crippen molar-refractivity contribution < 1.29 is 5.11 Å². The Labute approximate surface area is 108 Å². The SMILES string of the molecule is CC(C)Cn1ccc2ccc(C3(O)CCC3)cc21. The fraction of sp³-hybridized carbons (Fsp3) is 0.500. The van der Waals surface area contributed by atoms with E-state index in [2.05, 4.69) is 48.9 Å². The molecule has 1 saturated carbocycles. The zero-order valence-electron chi connectivity index (χ0n) is 11.2. The first-order valence-corrected chi connectivity index (χ1v) is 6.90. The molecule has 2 aromatic rings. The lowest BCUT2D eigenvalue weighted by molar-refractivity contribution is -0.0387. The average molecular weight is 243 g/mol. The van der Waals surface area contributed by atoms with Crippen LogP contribution in [0.1, 0.15) is 38.7 Å². The second-order valence-electron chi connectivity index (χ2n) is 6.02. The second-order valence-corrected chi connectivity index (χ2v) is 6.02. The predicted octanol–water partition coefficient (Wildman–Crippen LogP) is 3.67. The summed E-state index contributed by atoms with van der Waals surface area (Å²) in [7, 11) is 0. The van der Waals surface area contributed by atoms with E-state index < -0.39 is 5.60 Å². The van der Waals surface area contributed by atoms with Crippen LogP contribution in [0.3, 0.4) is 0 Å². The van der Waals surface area contributed by atoms with E-state index >= 15 is 0 Å². The second kappa shape index (κ2) is 4.13. The van der Waals surface area contributed by atoms with E-state index in [0.29, 0.717) is 5.92 Å². The third kappa shape index (κ3) is 1.85. The molecule has 0 aliphatic heterocycles. The molecule has 0 spiro atoms. The van der Waals surface area contributed by atoms with Crippen LogP contribution in [0.5, 0.6) is 0 Å². The lowest BCUT2D eigenvalue weighted by Gasteiger charge is -2.37. The summed E-state index contributed by atoms with van der Waals surface area (Å²) in [5.74, 6) is 0.635. The number of hydrogen-bond donors (Lipinski definition) is 1. The number of benzene rings is 1. The zero-order valence-corrected chi connectivity index (χ0v) is 11.2. The van der Waals surface area contributed by atoms with Gasteiger partial charge in [0.25, 0.3) is 0 Å². The van der Waals surface area contributed by atoms with Crippen LogP contribution in [-0.4, -0.2) is 9.67 Å². The Balaban J connectivity index is 2.04. The van der Waals surface area contributed by atoms with Crippen molar-refractivity contribution in [3.8, 4) is 0 Å².